The minimum Gasteiger partial charge on any atom is -0.478 e. The number of rotatable bonds is 5. The highest BCUT2D eigenvalue weighted by Crippen LogP contribution is 2.35. The van der Waals surface area contributed by atoms with Gasteiger partial charge in [-0.05, 0) is 30.7 Å². The van der Waals surface area contributed by atoms with E-state index in [-0.39, 0.29) is 5.56 Å². The van der Waals surface area contributed by atoms with Gasteiger partial charge in [0, 0.05) is 34.6 Å². The average Bonchev–Trinajstić information content (AvgIpc) is 3.02. The Hall–Kier alpha value is -3.67. The number of H-pyrrole nitrogens is 1. The van der Waals surface area contributed by atoms with E-state index in [0.29, 0.717) is 11.5 Å². The summed E-state index contributed by atoms with van der Waals surface area (Å²) in [4.78, 5) is 23.7. The van der Waals surface area contributed by atoms with Crippen molar-refractivity contribution < 1.29 is 9.90 Å². The number of nitrogens with one attached hydrogen (secondary N) is 2. The van der Waals surface area contributed by atoms with Crippen molar-refractivity contribution in [2.75, 3.05) is 5.32 Å². The van der Waals surface area contributed by atoms with Gasteiger partial charge in [0.05, 0.1) is 11.6 Å². The van der Waals surface area contributed by atoms with Gasteiger partial charge in [-0.15, -0.1) is 0 Å². The fourth-order valence-corrected chi connectivity index (χ4v) is 3.42. The molecular formula is C21H18N4O2. The van der Waals surface area contributed by atoms with Crippen LogP contribution in [0, 0.1) is 6.92 Å². The predicted molar refractivity (Wildman–Crippen MR) is 104 cm³/mol. The largest absolute Gasteiger partial charge is 0.478 e. The molecule has 27 heavy (non-hydrogen) atoms. The highest BCUT2D eigenvalue weighted by Gasteiger charge is 2.25. The second-order valence-electron chi connectivity index (χ2n) is 6.25. The van der Waals surface area contributed by atoms with E-state index in [0.717, 1.165) is 22.2 Å². The number of fused-ring (bicyclic) bond motifs is 1. The highest BCUT2D eigenvalue weighted by molar-refractivity contribution is 5.91. The highest BCUT2D eigenvalue weighted by atomic mass is 16.4. The Morgan fingerprint density at radius 1 is 1.04 bits per heavy atom. The Bertz CT molecular complexity index is 1110. The van der Waals surface area contributed by atoms with E-state index in [1.54, 1.807) is 30.6 Å². The Morgan fingerprint density at radius 2 is 1.74 bits per heavy atom. The lowest BCUT2D eigenvalue weighted by Gasteiger charge is -2.22. The molecule has 0 radical (unpaired) electrons. The monoisotopic (exact) mass is 358 g/mol. The van der Waals surface area contributed by atoms with Crippen LogP contribution in [0.4, 0.5) is 5.95 Å². The van der Waals surface area contributed by atoms with E-state index in [2.05, 4.69) is 20.3 Å². The third kappa shape index (κ3) is 3.13. The molecule has 1 unspecified atom stereocenters. The maximum absolute atomic E-state index is 11.8. The number of hydrogen-bond donors (Lipinski definition) is 3. The molecule has 2 heterocycles. The Morgan fingerprint density at radius 3 is 2.52 bits per heavy atom. The van der Waals surface area contributed by atoms with Crippen molar-refractivity contribution in [3.8, 4) is 0 Å². The first-order valence-corrected chi connectivity index (χ1v) is 8.58. The van der Waals surface area contributed by atoms with Crippen LogP contribution in [0.2, 0.25) is 0 Å². The Balaban J connectivity index is 1.94. The van der Waals surface area contributed by atoms with Gasteiger partial charge < -0.3 is 15.4 Å². The first-order valence-electron chi connectivity index (χ1n) is 8.58. The second-order valence-corrected chi connectivity index (χ2v) is 6.25. The first kappa shape index (κ1) is 16.8. The van der Waals surface area contributed by atoms with Gasteiger partial charge in [-0.1, -0.05) is 36.4 Å². The summed E-state index contributed by atoms with van der Waals surface area (Å²) in [6.45, 7) is 1.99. The number of carboxylic acids is 1. The molecule has 134 valence electrons. The number of benzene rings is 2. The number of hydrogen-bond acceptors (Lipinski definition) is 4. The van der Waals surface area contributed by atoms with Gasteiger partial charge >= 0.3 is 5.97 Å². The molecule has 0 bridgehead atoms. The van der Waals surface area contributed by atoms with E-state index < -0.39 is 12.0 Å². The molecule has 0 saturated carbocycles. The number of nitrogens with zero attached hydrogens (tertiary/aromatic N) is 2. The van der Waals surface area contributed by atoms with Crippen molar-refractivity contribution >= 4 is 22.8 Å². The summed E-state index contributed by atoms with van der Waals surface area (Å²) in [6, 6.07) is 16.3. The molecule has 0 spiro atoms. The molecule has 0 aliphatic rings. The van der Waals surface area contributed by atoms with Gasteiger partial charge in [0.1, 0.15) is 0 Å². The molecule has 0 aliphatic heterocycles. The number of para-hydroxylation sites is 1. The van der Waals surface area contributed by atoms with Crippen LogP contribution in [0.25, 0.3) is 10.9 Å². The van der Waals surface area contributed by atoms with Crippen LogP contribution in [0.1, 0.15) is 33.2 Å². The van der Waals surface area contributed by atoms with Crippen molar-refractivity contribution in [2.45, 2.75) is 13.0 Å². The molecule has 0 saturated heterocycles. The number of anilines is 1. The molecule has 4 rings (SSSR count). The lowest BCUT2D eigenvalue weighted by molar-refractivity contribution is 0.0695. The number of aryl methyl sites for hydroxylation is 1. The van der Waals surface area contributed by atoms with E-state index in [1.807, 2.05) is 43.3 Å². The predicted octanol–water partition coefficient (Wildman–Crippen LogP) is 4.17. The van der Waals surface area contributed by atoms with Crippen LogP contribution in [0.3, 0.4) is 0 Å². The quantitative estimate of drug-likeness (QED) is 0.498. The standard InChI is InChI=1S/C21H18N4O2/c1-13-18(16-9-4-5-10-17(16)24-13)19(25-21-22-11-6-12-23-21)14-7-2-3-8-15(14)20(26)27/h2-12,19,24H,1H3,(H,26,27)(H,22,23,25). The molecular weight excluding hydrogens is 340 g/mol. The maximum atomic E-state index is 11.8. The van der Waals surface area contributed by atoms with Crippen LogP contribution >= 0.6 is 0 Å². The van der Waals surface area contributed by atoms with Crippen molar-refractivity contribution in [2.24, 2.45) is 0 Å². The smallest absolute Gasteiger partial charge is 0.336 e. The van der Waals surface area contributed by atoms with E-state index in [1.165, 1.54) is 0 Å². The van der Waals surface area contributed by atoms with Crippen LogP contribution < -0.4 is 5.32 Å². The minimum atomic E-state index is -0.969. The summed E-state index contributed by atoms with van der Waals surface area (Å²) in [6.07, 6.45) is 3.30. The van der Waals surface area contributed by atoms with Gasteiger partial charge in [-0.3, -0.25) is 0 Å². The normalized spacial score (nSPS) is 12.0. The number of aromatic nitrogens is 3. The van der Waals surface area contributed by atoms with Crippen molar-refractivity contribution in [1.29, 1.82) is 0 Å². The van der Waals surface area contributed by atoms with E-state index in [9.17, 15) is 9.90 Å². The zero-order valence-corrected chi connectivity index (χ0v) is 14.7. The van der Waals surface area contributed by atoms with Crippen LogP contribution in [0.5, 0.6) is 0 Å². The second kappa shape index (κ2) is 6.92. The maximum Gasteiger partial charge on any atom is 0.336 e. The summed E-state index contributed by atoms with van der Waals surface area (Å²) >= 11 is 0. The summed E-state index contributed by atoms with van der Waals surface area (Å²) < 4.78 is 0. The van der Waals surface area contributed by atoms with Gasteiger partial charge in [0.2, 0.25) is 5.95 Å². The molecule has 3 N–H and O–H groups in total. The summed E-state index contributed by atoms with van der Waals surface area (Å²) in [5.41, 5.74) is 3.84. The van der Waals surface area contributed by atoms with E-state index >= 15 is 0 Å². The van der Waals surface area contributed by atoms with Gasteiger partial charge in [0.25, 0.3) is 0 Å². The molecule has 0 aliphatic carbocycles. The lowest BCUT2D eigenvalue weighted by Crippen LogP contribution is -2.18. The summed E-state index contributed by atoms with van der Waals surface area (Å²) in [7, 11) is 0. The van der Waals surface area contributed by atoms with Crippen LogP contribution in [0.15, 0.2) is 67.0 Å². The SMILES string of the molecule is Cc1[nH]c2ccccc2c1C(Nc1ncccn1)c1ccccc1C(=O)O. The molecule has 6 nitrogen and oxygen atoms in total. The molecule has 0 amide bonds. The number of carboxylic acid groups (broad SMARTS) is 1. The van der Waals surface area contributed by atoms with Crippen molar-refractivity contribution in [3.63, 3.8) is 0 Å². The molecule has 6 heteroatoms. The number of aromatic amines is 1. The third-order valence-corrected chi connectivity index (χ3v) is 4.57. The van der Waals surface area contributed by atoms with Crippen LogP contribution in [-0.4, -0.2) is 26.0 Å². The van der Waals surface area contributed by atoms with E-state index in [4.69, 9.17) is 0 Å². The average molecular weight is 358 g/mol. The number of aromatic carboxylic acids is 1. The zero-order chi connectivity index (χ0) is 18.8. The number of carbonyl (C=O) groups is 1. The minimum absolute atomic E-state index is 0.246. The fourth-order valence-electron chi connectivity index (χ4n) is 3.42. The van der Waals surface area contributed by atoms with Crippen molar-refractivity contribution in [1.82, 2.24) is 15.0 Å². The topological polar surface area (TPSA) is 90.9 Å². The molecule has 2 aromatic heterocycles. The first-order chi connectivity index (χ1) is 13.1. The van der Waals surface area contributed by atoms with Gasteiger partial charge in [-0.2, -0.15) is 0 Å². The van der Waals surface area contributed by atoms with Crippen LogP contribution in [-0.2, 0) is 0 Å². The summed E-state index contributed by atoms with van der Waals surface area (Å²) in [5, 5.41) is 14.0. The Labute approximate surface area is 155 Å². The molecule has 2 aromatic carbocycles. The third-order valence-electron chi connectivity index (χ3n) is 4.57. The van der Waals surface area contributed by atoms with Gasteiger partial charge in [0.15, 0.2) is 0 Å². The molecule has 1 atom stereocenters. The lowest BCUT2D eigenvalue weighted by atomic mass is 9.92. The van der Waals surface area contributed by atoms with Crippen molar-refractivity contribution in [3.05, 3.63) is 89.4 Å². The fraction of sp³-hybridized carbons (Fsp3) is 0.0952. The summed E-state index contributed by atoms with van der Waals surface area (Å²) in [5.74, 6) is -0.531. The molecule has 0 fully saturated rings. The zero-order valence-electron chi connectivity index (χ0n) is 14.7. The Kier molecular flexibility index (Phi) is 4.30. The van der Waals surface area contributed by atoms with Gasteiger partial charge in [-0.25, -0.2) is 14.8 Å². The molecule has 4 aromatic rings.